The number of hydrogen-bond donors (Lipinski definition) is 4. The van der Waals surface area contributed by atoms with Gasteiger partial charge in [-0.3, -0.25) is 0 Å². The topological polar surface area (TPSA) is 108 Å². The average Bonchev–Trinajstić information content (AvgIpc) is 2.28. The molecule has 7 nitrogen and oxygen atoms in total. The molecule has 1 unspecified atom stereocenters. The number of rotatable bonds is 9. The van der Waals surface area contributed by atoms with E-state index in [4.69, 9.17) is 14.9 Å². The van der Waals surface area contributed by atoms with Crippen molar-refractivity contribution in [2.75, 3.05) is 26.9 Å². The van der Waals surface area contributed by atoms with Gasteiger partial charge in [-0.2, -0.15) is 0 Å². The van der Waals surface area contributed by atoms with Gasteiger partial charge in [0.1, 0.15) is 6.04 Å². The van der Waals surface area contributed by atoms with E-state index in [0.717, 1.165) is 12.8 Å². The lowest BCUT2D eigenvalue weighted by Gasteiger charge is -2.13. The van der Waals surface area contributed by atoms with Crippen molar-refractivity contribution in [1.29, 1.82) is 0 Å². The molecule has 0 aliphatic heterocycles. The minimum absolute atomic E-state index is 0.00751. The average molecular weight is 248 g/mol. The van der Waals surface area contributed by atoms with E-state index in [0.29, 0.717) is 13.2 Å². The standard InChI is InChI=1S/C10H20N2O5/c1-17-7-3-2-5-11-10(16)12-8(4-6-13)9(14)15/h8,13H,2-7H2,1H3,(H,14,15)(H2,11,12,16). The molecule has 0 heterocycles. The zero-order chi connectivity index (χ0) is 13.1. The van der Waals surface area contributed by atoms with Crippen LogP contribution in [0.25, 0.3) is 0 Å². The van der Waals surface area contributed by atoms with Crippen LogP contribution < -0.4 is 10.6 Å². The monoisotopic (exact) mass is 248 g/mol. The van der Waals surface area contributed by atoms with Gasteiger partial charge < -0.3 is 25.6 Å². The summed E-state index contributed by atoms with van der Waals surface area (Å²) in [4.78, 5) is 21.9. The highest BCUT2D eigenvalue weighted by Crippen LogP contribution is 1.91. The molecule has 4 N–H and O–H groups in total. The number of urea groups is 1. The van der Waals surface area contributed by atoms with Crippen LogP contribution >= 0.6 is 0 Å². The summed E-state index contributed by atoms with van der Waals surface area (Å²) in [5.74, 6) is -1.16. The fraction of sp³-hybridized carbons (Fsp3) is 0.800. The molecule has 7 heteroatoms. The first-order valence-electron chi connectivity index (χ1n) is 5.48. The third kappa shape index (κ3) is 8.47. The molecule has 0 aliphatic rings. The van der Waals surface area contributed by atoms with Crippen LogP contribution in [0.4, 0.5) is 4.79 Å². The Balaban J connectivity index is 3.71. The van der Waals surface area contributed by atoms with Gasteiger partial charge in [0.2, 0.25) is 0 Å². The lowest BCUT2D eigenvalue weighted by Crippen LogP contribution is -2.46. The maximum absolute atomic E-state index is 11.3. The third-order valence-corrected chi connectivity index (χ3v) is 2.08. The van der Waals surface area contributed by atoms with E-state index < -0.39 is 18.0 Å². The second-order valence-electron chi connectivity index (χ2n) is 3.50. The quantitative estimate of drug-likeness (QED) is 0.413. The van der Waals surface area contributed by atoms with Gasteiger partial charge in [0.15, 0.2) is 0 Å². The minimum atomic E-state index is -1.16. The molecule has 0 rings (SSSR count). The van der Waals surface area contributed by atoms with Crippen molar-refractivity contribution < 1.29 is 24.5 Å². The fourth-order valence-corrected chi connectivity index (χ4v) is 1.17. The molecule has 0 aromatic carbocycles. The van der Waals surface area contributed by atoms with E-state index >= 15 is 0 Å². The molecule has 0 fully saturated rings. The Morgan fingerprint density at radius 2 is 2.06 bits per heavy atom. The van der Waals surface area contributed by atoms with E-state index in [2.05, 4.69) is 10.6 Å². The number of nitrogens with one attached hydrogen (secondary N) is 2. The molecule has 0 aromatic rings. The predicted molar refractivity (Wildman–Crippen MR) is 60.8 cm³/mol. The van der Waals surface area contributed by atoms with Crippen LogP contribution in [-0.4, -0.2) is 55.1 Å². The summed E-state index contributed by atoms with van der Waals surface area (Å²) in [7, 11) is 1.60. The number of carboxylic acid groups (broad SMARTS) is 1. The van der Waals surface area contributed by atoms with Gasteiger partial charge in [-0.25, -0.2) is 9.59 Å². The van der Waals surface area contributed by atoms with Gasteiger partial charge in [-0.15, -0.1) is 0 Å². The number of amides is 2. The molecule has 100 valence electrons. The minimum Gasteiger partial charge on any atom is -0.480 e. The zero-order valence-electron chi connectivity index (χ0n) is 9.94. The first-order valence-corrected chi connectivity index (χ1v) is 5.48. The number of unbranched alkanes of at least 4 members (excludes halogenated alkanes) is 1. The number of methoxy groups -OCH3 is 1. The zero-order valence-corrected chi connectivity index (χ0v) is 9.94. The number of carbonyl (C=O) groups excluding carboxylic acids is 1. The highest BCUT2D eigenvalue weighted by atomic mass is 16.5. The second-order valence-corrected chi connectivity index (χ2v) is 3.50. The van der Waals surface area contributed by atoms with Crippen molar-refractivity contribution >= 4 is 12.0 Å². The van der Waals surface area contributed by atoms with Gasteiger partial charge in [0, 0.05) is 33.3 Å². The SMILES string of the molecule is COCCCCNC(=O)NC(CCO)C(=O)O. The summed E-state index contributed by atoms with van der Waals surface area (Å²) in [6.45, 7) is 0.803. The van der Waals surface area contributed by atoms with Crippen molar-refractivity contribution in [2.45, 2.75) is 25.3 Å². The first kappa shape index (κ1) is 15.7. The Kier molecular flexibility index (Phi) is 9.08. The predicted octanol–water partition coefficient (Wildman–Crippen LogP) is -0.452. The Morgan fingerprint density at radius 3 is 2.59 bits per heavy atom. The highest BCUT2D eigenvalue weighted by molar-refractivity contribution is 5.82. The number of aliphatic carboxylic acids is 1. The van der Waals surface area contributed by atoms with Crippen LogP contribution in [0.3, 0.4) is 0 Å². The van der Waals surface area contributed by atoms with Crippen LogP contribution in [0.15, 0.2) is 0 Å². The maximum Gasteiger partial charge on any atom is 0.326 e. The molecule has 17 heavy (non-hydrogen) atoms. The maximum atomic E-state index is 11.3. The van der Waals surface area contributed by atoms with E-state index in [1.165, 1.54) is 0 Å². The number of aliphatic hydroxyl groups excluding tert-OH is 1. The van der Waals surface area contributed by atoms with E-state index in [-0.39, 0.29) is 13.0 Å². The Hall–Kier alpha value is -1.34. The first-order chi connectivity index (χ1) is 8.11. The van der Waals surface area contributed by atoms with Gasteiger partial charge in [0.25, 0.3) is 0 Å². The largest absolute Gasteiger partial charge is 0.480 e. The summed E-state index contributed by atoms with van der Waals surface area (Å²) >= 11 is 0. The van der Waals surface area contributed by atoms with E-state index in [9.17, 15) is 9.59 Å². The van der Waals surface area contributed by atoms with Crippen LogP contribution in [0, 0.1) is 0 Å². The number of hydrogen-bond acceptors (Lipinski definition) is 4. The lowest BCUT2D eigenvalue weighted by molar-refractivity contribution is -0.139. The number of ether oxygens (including phenoxy) is 1. The van der Waals surface area contributed by atoms with Crippen molar-refractivity contribution in [3.8, 4) is 0 Å². The van der Waals surface area contributed by atoms with Gasteiger partial charge in [-0.05, 0) is 12.8 Å². The molecule has 1 atom stereocenters. The van der Waals surface area contributed by atoms with Crippen LogP contribution in [0.5, 0.6) is 0 Å². The second kappa shape index (κ2) is 9.86. The van der Waals surface area contributed by atoms with Crippen molar-refractivity contribution in [2.24, 2.45) is 0 Å². The van der Waals surface area contributed by atoms with E-state index in [1.807, 2.05) is 0 Å². The summed E-state index contributed by atoms with van der Waals surface area (Å²) < 4.78 is 4.84. The molecule has 0 radical (unpaired) electrons. The normalized spacial score (nSPS) is 11.9. The summed E-state index contributed by atoms with van der Waals surface area (Å²) in [5.41, 5.74) is 0. The number of carbonyl (C=O) groups is 2. The molecule has 0 saturated heterocycles. The van der Waals surface area contributed by atoms with Crippen molar-refractivity contribution in [1.82, 2.24) is 10.6 Å². The Morgan fingerprint density at radius 1 is 1.35 bits per heavy atom. The molecule has 0 saturated carbocycles. The van der Waals surface area contributed by atoms with Gasteiger partial charge >= 0.3 is 12.0 Å². The van der Waals surface area contributed by atoms with Gasteiger partial charge in [0.05, 0.1) is 0 Å². The summed E-state index contributed by atoms with van der Waals surface area (Å²) in [6.07, 6.45) is 1.58. The third-order valence-electron chi connectivity index (χ3n) is 2.08. The molecular formula is C10H20N2O5. The molecule has 2 amide bonds. The highest BCUT2D eigenvalue weighted by Gasteiger charge is 2.18. The summed E-state index contributed by atoms with van der Waals surface area (Å²) in [6, 6.07) is -1.60. The molecule has 0 aromatic heterocycles. The Bertz CT molecular complexity index is 235. The van der Waals surface area contributed by atoms with Gasteiger partial charge in [-0.1, -0.05) is 0 Å². The van der Waals surface area contributed by atoms with Crippen LogP contribution in [0.1, 0.15) is 19.3 Å². The lowest BCUT2D eigenvalue weighted by atomic mass is 10.2. The molecule has 0 bridgehead atoms. The smallest absolute Gasteiger partial charge is 0.326 e. The number of aliphatic hydroxyl groups is 1. The van der Waals surface area contributed by atoms with E-state index in [1.54, 1.807) is 7.11 Å². The Labute approximate surface area is 100 Å². The molecule has 0 aliphatic carbocycles. The molecular weight excluding hydrogens is 228 g/mol. The van der Waals surface area contributed by atoms with Crippen LogP contribution in [0.2, 0.25) is 0 Å². The fourth-order valence-electron chi connectivity index (χ4n) is 1.17. The van der Waals surface area contributed by atoms with Crippen molar-refractivity contribution in [3.63, 3.8) is 0 Å². The summed E-state index contributed by atoms with van der Waals surface area (Å²) in [5, 5.41) is 22.1. The number of carboxylic acids is 1. The molecule has 0 spiro atoms. The van der Waals surface area contributed by atoms with Crippen molar-refractivity contribution in [3.05, 3.63) is 0 Å². The van der Waals surface area contributed by atoms with Crippen LogP contribution in [-0.2, 0) is 9.53 Å².